The number of rotatable bonds is 4. The van der Waals surface area contributed by atoms with Gasteiger partial charge in [0.15, 0.2) is 0 Å². The molecule has 7 heteroatoms. The largest absolute Gasteiger partial charge is 0.492 e. The van der Waals surface area contributed by atoms with Crippen LogP contribution in [0.2, 0.25) is 0 Å². The van der Waals surface area contributed by atoms with Crippen LogP contribution in [0, 0.1) is 5.92 Å². The minimum Gasteiger partial charge on any atom is -0.492 e. The van der Waals surface area contributed by atoms with Crippen LogP contribution in [0.3, 0.4) is 0 Å². The summed E-state index contributed by atoms with van der Waals surface area (Å²) in [5.41, 5.74) is 1.36. The van der Waals surface area contributed by atoms with E-state index in [4.69, 9.17) is 4.74 Å². The molecule has 0 spiro atoms. The van der Waals surface area contributed by atoms with Crippen LogP contribution in [0.1, 0.15) is 5.56 Å². The standard InChI is InChI=1S/C17H14BrF2NO3/c18-13-6-5-12(8-15(13)24-17(19)20)21-16(22)11-7-10-3-1-2-4-14(10)23-9-11/h1-6,8,11,17H,7,9H2,(H,21,22). The number of para-hydroxylation sites is 1. The second-order valence-electron chi connectivity index (χ2n) is 5.33. The number of hydrogen-bond acceptors (Lipinski definition) is 3. The smallest absolute Gasteiger partial charge is 0.387 e. The maximum absolute atomic E-state index is 12.4. The number of hydrogen-bond donors (Lipinski definition) is 1. The van der Waals surface area contributed by atoms with Crippen molar-refractivity contribution in [2.24, 2.45) is 5.92 Å². The summed E-state index contributed by atoms with van der Waals surface area (Å²) >= 11 is 3.13. The Morgan fingerprint density at radius 3 is 2.88 bits per heavy atom. The zero-order valence-electron chi connectivity index (χ0n) is 12.5. The fourth-order valence-electron chi connectivity index (χ4n) is 2.51. The van der Waals surface area contributed by atoms with Crippen LogP contribution in [0.25, 0.3) is 0 Å². The molecule has 0 bridgehead atoms. The Bertz CT molecular complexity index is 754. The molecule has 1 amide bonds. The van der Waals surface area contributed by atoms with E-state index in [9.17, 15) is 13.6 Å². The van der Waals surface area contributed by atoms with Gasteiger partial charge in [-0.1, -0.05) is 18.2 Å². The Labute approximate surface area is 145 Å². The number of carbonyl (C=O) groups is 1. The van der Waals surface area contributed by atoms with Crippen molar-refractivity contribution < 1.29 is 23.0 Å². The maximum atomic E-state index is 12.4. The molecule has 1 N–H and O–H groups in total. The Morgan fingerprint density at radius 2 is 2.08 bits per heavy atom. The molecule has 1 aliphatic rings. The minimum absolute atomic E-state index is 0.0342. The predicted octanol–water partition coefficient (Wildman–Crippen LogP) is 4.24. The Hall–Kier alpha value is -2.15. The first-order valence-electron chi connectivity index (χ1n) is 7.29. The highest BCUT2D eigenvalue weighted by molar-refractivity contribution is 9.10. The van der Waals surface area contributed by atoms with Gasteiger partial charge in [0.2, 0.25) is 5.91 Å². The summed E-state index contributed by atoms with van der Waals surface area (Å²) in [6.45, 7) is -2.66. The first-order valence-corrected chi connectivity index (χ1v) is 8.08. The van der Waals surface area contributed by atoms with Gasteiger partial charge in [0.05, 0.1) is 10.4 Å². The molecule has 3 rings (SSSR count). The van der Waals surface area contributed by atoms with E-state index in [0.717, 1.165) is 11.3 Å². The molecule has 0 aliphatic carbocycles. The first-order chi connectivity index (χ1) is 11.5. The maximum Gasteiger partial charge on any atom is 0.387 e. The van der Waals surface area contributed by atoms with E-state index in [1.54, 1.807) is 12.1 Å². The lowest BCUT2D eigenvalue weighted by atomic mass is 9.96. The number of alkyl halides is 2. The van der Waals surface area contributed by atoms with Crippen LogP contribution >= 0.6 is 15.9 Å². The highest BCUT2D eigenvalue weighted by Crippen LogP contribution is 2.31. The lowest BCUT2D eigenvalue weighted by molar-refractivity contribution is -0.121. The summed E-state index contributed by atoms with van der Waals surface area (Å²) in [6, 6.07) is 12.1. The highest BCUT2D eigenvalue weighted by Gasteiger charge is 2.26. The van der Waals surface area contributed by atoms with E-state index in [0.29, 0.717) is 16.6 Å². The van der Waals surface area contributed by atoms with Gasteiger partial charge in [-0.25, -0.2) is 0 Å². The number of carbonyl (C=O) groups excluding carboxylic acids is 1. The number of anilines is 1. The zero-order valence-corrected chi connectivity index (χ0v) is 14.1. The average molecular weight is 398 g/mol. The van der Waals surface area contributed by atoms with Crippen LogP contribution in [0.15, 0.2) is 46.9 Å². The van der Waals surface area contributed by atoms with Crippen molar-refractivity contribution in [1.29, 1.82) is 0 Å². The molecule has 24 heavy (non-hydrogen) atoms. The molecule has 2 aromatic rings. The Morgan fingerprint density at radius 1 is 1.29 bits per heavy atom. The van der Waals surface area contributed by atoms with Gasteiger partial charge in [-0.05, 0) is 46.1 Å². The summed E-state index contributed by atoms with van der Waals surface area (Å²) < 4.78 is 35.1. The molecule has 4 nitrogen and oxygen atoms in total. The molecular formula is C17H14BrF2NO3. The summed E-state index contributed by atoms with van der Waals surface area (Å²) in [5, 5.41) is 2.72. The van der Waals surface area contributed by atoms with Gasteiger partial charge in [-0.15, -0.1) is 0 Å². The van der Waals surface area contributed by atoms with Crippen LogP contribution in [0.5, 0.6) is 11.5 Å². The topological polar surface area (TPSA) is 47.6 Å². The minimum atomic E-state index is -2.93. The van der Waals surface area contributed by atoms with Crippen molar-refractivity contribution in [1.82, 2.24) is 0 Å². The second kappa shape index (κ2) is 7.17. The number of benzene rings is 2. The van der Waals surface area contributed by atoms with E-state index in [2.05, 4.69) is 26.0 Å². The summed E-state index contributed by atoms with van der Waals surface area (Å²) in [7, 11) is 0. The van der Waals surface area contributed by atoms with Crippen molar-refractivity contribution in [3.63, 3.8) is 0 Å². The normalized spacial score (nSPS) is 16.2. The first kappa shape index (κ1) is 16.7. The number of halogens is 3. The molecule has 0 saturated carbocycles. The Kier molecular flexibility index (Phi) is 4.99. The molecule has 0 fully saturated rings. The van der Waals surface area contributed by atoms with Gasteiger partial charge in [0.1, 0.15) is 18.1 Å². The second-order valence-corrected chi connectivity index (χ2v) is 6.19. The van der Waals surface area contributed by atoms with Gasteiger partial charge in [-0.3, -0.25) is 4.79 Å². The van der Waals surface area contributed by atoms with Crippen LogP contribution in [-0.4, -0.2) is 19.1 Å². The van der Waals surface area contributed by atoms with Crippen molar-refractivity contribution in [3.8, 4) is 11.5 Å². The molecule has 0 radical (unpaired) electrons. The van der Waals surface area contributed by atoms with Crippen molar-refractivity contribution in [3.05, 3.63) is 52.5 Å². The fraction of sp³-hybridized carbons (Fsp3) is 0.235. The lowest BCUT2D eigenvalue weighted by Crippen LogP contribution is -2.32. The predicted molar refractivity (Wildman–Crippen MR) is 88.5 cm³/mol. The van der Waals surface area contributed by atoms with Gasteiger partial charge >= 0.3 is 6.61 Å². The molecule has 126 valence electrons. The fourth-order valence-corrected chi connectivity index (χ4v) is 2.85. The molecule has 0 saturated heterocycles. The molecular weight excluding hydrogens is 384 g/mol. The SMILES string of the molecule is O=C(Nc1ccc(Br)c(OC(F)F)c1)C1COc2ccccc2C1. The van der Waals surface area contributed by atoms with Crippen molar-refractivity contribution in [2.75, 3.05) is 11.9 Å². The number of nitrogens with one attached hydrogen (secondary N) is 1. The van der Waals surface area contributed by atoms with Crippen molar-refractivity contribution >= 4 is 27.5 Å². The summed E-state index contributed by atoms with van der Waals surface area (Å²) in [4.78, 5) is 12.4. The third-order valence-electron chi connectivity index (χ3n) is 3.66. The lowest BCUT2D eigenvalue weighted by Gasteiger charge is -2.24. The third-order valence-corrected chi connectivity index (χ3v) is 4.32. The van der Waals surface area contributed by atoms with Gasteiger partial charge in [0, 0.05) is 11.8 Å². The Balaban J connectivity index is 1.69. The molecule has 1 heterocycles. The van der Waals surface area contributed by atoms with Crippen LogP contribution in [-0.2, 0) is 11.2 Å². The average Bonchev–Trinajstić information content (AvgIpc) is 2.57. The summed E-state index contributed by atoms with van der Waals surface area (Å²) in [5.74, 6) is 0.184. The molecule has 0 aromatic heterocycles. The number of fused-ring (bicyclic) bond motifs is 1. The van der Waals surface area contributed by atoms with E-state index in [1.807, 2.05) is 24.3 Å². The van der Waals surface area contributed by atoms with E-state index >= 15 is 0 Å². The van der Waals surface area contributed by atoms with Crippen molar-refractivity contribution in [2.45, 2.75) is 13.0 Å². The molecule has 1 atom stereocenters. The van der Waals surface area contributed by atoms with Crippen LogP contribution in [0.4, 0.5) is 14.5 Å². The van der Waals surface area contributed by atoms with E-state index in [1.165, 1.54) is 6.07 Å². The van der Waals surface area contributed by atoms with Gasteiger partial charge in [0.25, 0.3) is 0 Å². The monoisotopic (exact) mass is 397 g/mol. The quantitative estimate of drug-likeness (QED) is 0.838. The summed E-state index contributed by atoms with van der Waals surface area (Å²) in [6.07, 6.45) is 0.568. The molecule has 1 aliphatic heterocycles. The number of amides is 1. The van der Waals surface area contributed by atoms with Gasteiger partial charge in [-0.2, -0.15) is 8.78 Å². The van der Waals surface area contributed by atoms with E-state index < -0.39 is 6.61 Å². The molecule has 1 unspecified atom stereocenters. The zero-order chi connectivity index (χ0) is 17.1. The van der Waals surface area contributed by atoms with Gasteiger partial charge < -0.3 is 14.8 Å². The van der Waals surface area contributed by atoms with E-state index in [-0.39, 0.29) is 24.2 Å². The highest BCUT2D eigenvalue weighted by atomic mass is 79.9. The number of ether oxygens (including phenoxy) is 2. The third kappa shape index (κ3) is 3.84. The van der Waals surface area contributed by atoms with Crippen LogP contribution < -0.4 is 14.8 Å². The molecule has 2 aromatic carbocycles.